The second-order valence-electron chi connectivity index (χ2n) is 7.46. The average Bonchev–Trinajstić information content (AvgIpc) is 3.22. The number of aromatic nitrogens is 5. The van der Waals surface area contributed by atoms with Crippen LogP contribution in [0.2, 0.25) is 0 Å². The summed E-state index contributed by atoms with van der Waals surface area (Å²) in [6.45, 7) is 5.90. The first-order valence-electron chi connectivity index (χ1n) is 10.8. The van der Waals surface area contributed by atoms with Crippen LogP contribution in [-0.2, 0) is 35.4 Å². The molecule has 0 atom stereocenters. The van der Waals surface area contributed by atoms with Gasteiger partial charge in [0.2, 0.25) is 0 Å². The van der Waals surface area contributed by atoms with E-state index >= 15 is 0 Å². The molecule has 1 N–H and O–H groups in total. The van der Waals surface area contributed by atoms with Crippen molar-refractivity contribution in [3.05, 3.63) is 44.4 Å². The van der Waals surface area contributed by atoms with Crippen LogP contribution in [0.4, 0.5) is 0 Å². The fourth-order valence-electron chi connectivity index (χ4n) is 3.64. The summed E-state index contributed by atoms with van der Waals surface area (Å²) in [4.78, 5) is 38.5. The Kier molecular flexibility index (Phi) is 7.75. The van der Waals surface area contributed by atoms with E-state index in [0.29, 0.717) is 62.6 Å². The minimum Gasteiger partial charge on any atom is -0.384 e. The number of hydrogen-bond donors (Lipinski definition) is 1. The molecule has 0 unspecified atom stereocenters. The van der Waals surface area contributed by atoms with Crippen molar-refractivity contribution in [2.24, 2.45) is 0 Å². The van der Waals surface area contributed by atoms with Gasteiger partial charge in [0.05, 0.1) is 18.9 Å². The van der Waals surface area contributed by atoms with Crippen LogP contribution in [0.3, 0.4) is 0 Å². The van der Waals surface area contributed by atoms with Crippen molar-refractivity contribution < 1.29 is 9.47 Å². The summed E-state index contributed by atoms with van der Waals surface area (Å²) in [5, 5.41) is 0. The average molecular weight is 430 g/mol. The molecule has 3 heterocycles. The molecule has 31 heavy (non-hydrogen) atoms. The molecule has 3 aromatic rings. The molecule has 0 fully saturated rings. The van der Waals surface area contributed by atoms with Crippen molar-refractivity contribution in [1.29, 1.82) is 0 Å². The van der Waals surface area contributed by atoms with Gasteiger partial charge in [-0.2, -0.15) is 0 Å². The summed E-state index contributed by atoms with van der Waals surface area (Å²) < 4.78 is 13.3. The normalized spacial score (nSPS) is 11.5. The largest absolute Gasteiger partial charge is 0.384 e. The molecule has 0 spiro atoms. The zero-order chi connectivity index (χ0) is 22.4. The summed E-state index contributed by atoms with van der Waals surface area (Å²) in [5.41, 5.74) is 2.63. The predicted octanol–water partition coefficient (Wildman–Crippen LogP) is 2.15. The van der Waals surface area contributed by atoms with E-state index < -0.39 is 0 Å². The maximum atomic E-state index is 13.0. The summed E-state index contributed by atoms with van der Waals surface area (Å²) in [7, 11) is 3.31. The Morgan fingerprint density at radius 3 is 2.29 bits per heavy atom. The van der Waals surface area contributed by atoms with Crippen LogP contribution in [0.5, 0.6) is 0 Å². The van der Waals surface area contributed by atoms with Crippen LogP contribution < -0.4 is 11.2 Å². The number of pyridine rings is 1. The van der Waals surface area contributed by atoms with Gasteiger partial charge in [-0.15, -0.1) is 0 Å². The van der Waals surface area contributed by atoms with Crippen molar-refractivity contribution in [1.82, 2.24) is 24.1 Å². The Bertz CT molecular complexity index is 1150. The highest BCUT2D eigenvalue weighted by Crippen LogP contribution is 2.23. The maximum Gasteiger partial charge on any atom is 0.332 e. The van der Waals surface area contributed by atoms with Gasteiger partial charge in [-0.25, -0.2) is 9.78 Å². The van der Waals surface area contributed by atoms with E-state index in [1.54, 1.807) is 18.8 Å². The van der Waals surface area contributed by atoms with Gasteiger partial charge in [0.25, 0.3) is 5.56 Å². The Hall–Kier alpha value is -2.78. The zero-order valence-electron chi connectivity index (χ0n) is 18.7. The van der Waals surface area contributed by atoms with Crippen LogP contribution in [0.1, 0.15) is 38.1 Å². The van der Waals surface area contributed by atoms with Gasteiger partial charge < -0.3 is 14.5 Å². The first kappa shape index (κ1) is 22.9. The van der Waals surface area contributed by atoms with E-state index in [4.69, 9.17) is 14.5 Å². The summed E-state index contributed by atoms with van der Waals surface area (Å²) in [5.74, 6) is 0.530. The minimum absolute atomic E-state index is 0.313. The number of hydrogen-bond acceptors (Lipinski definition) is 6. The third kappa shape index (κ3) is 4.77. The highest BCUT2D eigenvalue weighted by atomic mass is 16.5. The molecule has 0 aliphatic heterocycles. The lowest BCUT2D eigenvalue weighted by Crippen LogP contribution is -2.40. The van der Waals surface area contributed by atoms with E-state index in [9.17, 15) is 9.59 Å². The highest BCUT2D eigenvalue weighted by Gasteiger charge is 2.19. The molecule has 0 bridgehead atoms. The highest BCUT2D eigenvalue weighted by molar-refractivity contribution is 5.76. The monoisotopic (exact) mass is 429 g/mol. The Labute approximate surface area is 181 Å². The van der Waals surface area contributed by atoms with Gasteiger partial charge in [-0.3, -0.25) is 18.9 Å². The fraction of sp³-hybridized carbons (Fsp3) is 0.545. The van der Waals surface area contributed by atoms with E-state index in [0.717, 1.165) is 23.4 Å². The number of fused-ring (bicyclic) bond motifs is 1. The lowest BCUT2D eigenvalue weighted by Gasteiger charge is -2.09. The second kappa shape index (κ2) is 10.5. The van der Waals surface area contributed by atoms with Gasteiger partial charge in [-0.05, 0) is 25.0 Å². The molecule has 0 saturated carbocycles. The van der Waals surface area contributed by atoms with Crippen molar-refractivity contribution >= 4 is 11.2 Å². The second-order valence-corrected chi connectivity index (χ2v) is 7.46. The topological polar surface area (TPSA) is 104 Å². The van der Waals surface area contributed by atoms with Crippen molar-refractivity contribution in [3.8, 4) is 11.4 Å². The van der Waals surface area contributed by atoms with Crippen molar-refractivity contribution in [2.45, 2.75) is 52.6 Å². The molecule has 0 amide bonds. The third-order valence-corrected chi connectivity index (χ3v) is 5.15. The summed E-state index contributed by atoms with van der Waals surface area (Å²) in [6.07, 6.45) is 2.76. The quantitative estimate of drug-likeness (QED) is 0.501. The number of methoxy groups -OCH3 is 2. The lowest BCUT2D eigenvalue weighted by molar-refractivity contribution is 0.199. The van der Waals surface area contributed by atoms with Gasteiger partial charge in [0.1, 0.15) is 11.3 Å². The van der Waals surface area contributed by atoms with Crippen LogP contribution in [0.25, 0.3) is 22.6 Å². The number of aromatic amines is 1. The molecule has 3 rings (SSSR count). The molecule has 9 nitrogen and oxygen atoms in total. The number of H-pyrrole nitrogens is 1. The van der Waals surface area contributed by atoms with Crippen LogP contribution in [0.15, 0.2) is 21.7 Å². The summed E-state index contributed by atoms with van der Waals surface area (Å²) >= 11 is 0. The van der Waals surface area contributed by atoms with Crippen molar-refractivity contribution in [3.63, 3.8) is 0 Å². The zero-order valence-corrected chi connectivity index (χ0v) is 18.7. The maximum absolute atomic E-state index is 13.0. The molecule has 0 saturated heterocycles. The standard InChI is InChI=1S/C22H31N5O4/c1-5-11-26-20-18(21(28)27(12-6-2)22(26)29)24-19(25-20)16-8-7-15(9-13-30-3)23-17(16)10-14-31-4/h7-8H,5-6,9-14H2,1-4H3,(H,24,25). The van der Waals surface area contributed by atoms with E-state index in [1.807, 2.05) is 26.0 Å². The third-order valence-electron chi connectivity index (χ3n) is 5.15. The SMILES string of the molecule is CCCn1c(=O)c2[nH]c(-c3ccc(CCOC)nc3CCOC)nc2n(CCC)c1=O. The number of rotatable bonds is 11. The predicted molar refractivity (Wildman–Crippen MR) is 120 cm³/mol. The molecule has 0 aliphatic rings. The lowest BCUT2D eigenvalue weighted by atomic mass is 10.1. The molecular weight excluding hydrogens is 398 g/mol. The molecule has 3 aromatic heterocycles. The van der Waals surface area contributed by atoms with E-state index in [-0.39, 0.29) is 11.2 Å². The smallest absolute Gasteiger partial charge is 0.332 e. The fourth-order valence-corrected chi connectivity index (χ4v) is 3.64. The molecule has 0 aromatic carbocycles. The number of ether oxygens (including phenoxy) is 2. The minimum atomic E-state index is -0.337. The first-order valence-corrected chi connectivity index (χ1v) is 10.8. The van der Waals surface area contributed by atoms with Crippen LogP contribution in [-0.4, -0.2) is 51.5 Å². The number of imidazole rings is 1. The Morgan fingerprint density at radius 1 is 0.935 bits per heavy atom. The van der Waals surface area contributed by atoms with Crippen LogP contribution >= 0.6 is 0 Å². The molecule has 0 radical (unpaired) electrons. The molecular formula is C22H31N5O4. The number of aryl methyl sites for hydroxylation is 1. The van der Waals surface area contributed by atoms with Crippen molar-refractivity contribution in [2.75, 3.05) is 27.4 Å². The van der Waals surface area contributed by atoms with E-state index in [2.05, 4.69) is 9.97 Å². The van der Waals surface area contributed by atoms with Gasteiger partial charge in [0.15, 0.2) is 5.65 Å². The Morgan fingerprint density at radius 2 is 1.61 bits per heavy atom. The first-order chi connectivity index (χ1) is 15.0. The molecule has 9 heteroatoms. The van der Waals surface area contributed by atoms with Gasteiger partial charge in [-0.1, -0.05) is 13.8 Å². The Balaban J connectivity index is 2.18. The van der Waals surface area contributed by atoms with Gasteiger partial charge in [0, 0.05) is 51.4 Å². The molecule has 0 aliphatic carbocycles. The van der Waals surface area contributed by atoms with Crippen LogP contribution in [0, 0.1) is 0 Å². The molecule has 168 valence electrons. The number of nitrogens with zero attached hydrogens (tertiary/aromatic N) is 4. The summed E-state index contributed by atoms with van der Waals surface area (Å²) in [6, 6.07) is 3.89. The van der Waals surface area contributed by atoms with Gasteiger partial charge >= 0.3 is 5.69 Å². The van der Waals surface area contributed by atoms with E-state index in [1.165, 1.54) is 4.57 Å². The number of nitrogens with one attached hydrogen (secondary N) is 1.